The maximum atomic E-state index is 12.4. The number of hydrogen-bond acceptors (Lipinski definition) is 7. The summed E-state index contributed by atoms with van der Waals surface area (Å²) >= 11 is 0. The summed E-state index contributed by atoms with van der Waals surface area (Å²) in [6.07, 6.45) is -2.26. The minimum atomic E-state index is -4.43. The smallest absolute Gasteiger partial charge is 0.426 e. The summed E-state index contributed by atoms with van der Waals surface area (Å²) in [6, 6.07) is 7.44. The molecule has 0 saturated carbocycles. The fraction of sp³-hybridized carbons (Fsp3) is 0.500. The highest BCUT2D eigenvalue weighted by molar-refractivity contribution is 7.85. The lowest BCUT2D eigenvalue weighted by atomic mass is 10.2. The molecule has 0 N–H and O–H groups in total. The monoisotopic (exact) mass is 371 g/mol. The van der Waals surface area contributed by atoms with Crippen molar-refractivity contribution in [3.8, 4) is 0 Å². The minimum absolute atomic E-state index is 0.0505. The van der Waals surface area contributed by atoms with Gasteiger partial charge >= 0.3 is 22.4 Å². The van der Waals surface area contributed by atoms with Gasteiger partial charge in [0.1, 0.15) is 18.3 Å². The summed E-state index contributed by atoms with van der Waals surface area (Å²) in [4.78, 5) is 24.6. The third-order valence-corrected chi connectivity index (χ3v) is 4.66. The van der Waals surface area contributed by atoms with Crippen LogP contribution < -0.4 is 0 Å². The molecule has 1 aromatic rings. The largest absolute Gasteiger partial charge is 0.459 e. The molecule has 138 valence electrons. The van der Waals surface area contributed by atoms with Crippen LogP contribution in [-0.4, -0.2) is 42.5 Å². The summed E-state index contributed by atoms with van der Waals surface area (Å²) in [5, 5.41) is 0. The van der Waals surface area contributed by atoms with Crippen molar-refractivity contribution in [3.05, 3.63) is 35.9 Å². The van der Waals surface area contributed by atoms with E-state index in [9.17, 15) is 18.0 Å². The van der Waals surface area contributed by atoms with E-state index in [4.69, 9.17) is 13.7 Å². The predicted molar refractivity (Wildman–Crippen MR) is 87.6 cm³/mol. The molecule has 0 aromatic heterocycles. The van der Waals surface area contributed by atoms with Gasteiger partial charge < -0.3 is 9.47 Å². The minimum Gasteiger partial charge on any atom is -0.459 e. The molecule has 0 unspecified atom stereocenters. The molecule has 2 atom stereocenters. The Morgan fingerprint density at radius 2 is 1.80 bits per heavy atom. The lowest BCUT2D eigenvalue weighted by molar-refractivity contribution is -0.150. The number of benzene rings is 1. The molecule has 0 radical (unpaired) electrons. The Kier molecular flexibility index (Phi) is 5.38. The average molecular weight is 371 g/mol. The van der Waals surface area contributed by atoms with Crippen molar-refractivity contribution in [2.45, 2.75) is 52.0 Å². The fourth-order valence-corrected chi connectivity index (χ4v) is 3.57. The van der Waals surface area contributed by atoms with Crippen molar-refractivity contribution in [1.82, 2.24) is 4.31 Å². The number of esters is 1. The van der Waals surface area contributed by atoms with Crippen molar-refractivity contribution in [3.63, 3.8) is 0 Å². The molecule has 1 aliphatic rings. The van der Waals surface area contributed by atoms with Gasteiger partial charge in [0.25, 0.3) is 0 Å². The van der Waals surface area contributed by atoms with E-state index in [1.807, 2.05) is 6.07 Å². The van der Waals surface area contributed by atoms with Gasteiger partial charge in [-0.25, -0.2) is 13.8 Å². The standard InChI is InChI=1S/C16H21NO7S/c1-11-13(14(18)22-10-12-8-6-5-7-9-12)17(25(20,21)24-11)15(19)23-16(2,3)4/h5-9,11,13H,10H2,1-4H3/t11-,13+/m1/s1. The van der Waals surface area contributed by atoms with E-state index in [-0.39, 0.29) is 6.61 Å². The topological polar surface area (TPSA) is 99.2 Å². The lowest BCUT2D eigenvalue weighted by Crippen LogP contribution is -2.48. The lowest BCUT2D eigenvalue weighted by Gasteiger charge is -2.25. The first-order valence-electron chi connectivity index (χ1n) is 7.67. The van der Waals surface area contributed by atoms with Crippen LogP contribution in [0.3, 0.4) is 0 Å². The molecule has 1 aromatic carbocycles. The first-order chi connectivity index (χ1) is 11.5. The second kappa shape index (κ2) is 7.01. The van der Waals surface area contributed by atoms with Crippen molar-refractivity contribution in [1.29, 1.82) is 0 Å². The van der Waals surface area contributed by atoms with Crippen LogP contribution in [0.25, 0.3) is 0 Å². The van der Waals surface area contributed by atoms with Crippen LogP contribution in [0.5, 0.6) is 0 Å². The Bertz CT molecular complexity index is 739. The molecular weight excluding hydrogens is 350 g/mol. The van der Waals surface area contributed by atoms with Crippen LogP contribution in [0, 0.1) is 0 Å². The summed E-state index contributed by atoms with van der Waals surface area (Å²) < 4.78 is 39.5. The fourth-order valence-electron chi connectivity index (χ4n) is 2.23. The van der Waals surface area contributed by atoms with Crippen molar-refractivity contribution < 1.29 is 31.7 Å². The van der Waals surface area contributed by atoms with Crippen LogP contribution >= 0.6 is 0 Å². The van der Waals surface area contributed by atoms with Crippen LogP contribution in [0.2, 0.25) is 0 Å². The van der Waals surface area contributed by atoms with E-state index >= 15 is 0 Å². The van der Waals surface area contributed by atoms with Gasteiger partial charge in [0.2, 0.25) is 0 Å². The Morgan fingerprint density at radius 1 is 1.20 bits per heavy atom. The first kappa shape index (κ1) is 19.2. The van der Waals surface area contributed by atoms with E-state index in [1.165, 1.54) is 6.92 Å². The van der Waals surface area contributed by atoms with Crippen molar-refractivity contribution in [2.24, 2.45) is 0 Å². The van der Waals surface area contributed by atoms with Crippen LogP contribution in [0.4, 0.5) is 4.79 Å². The van der Waals surface area contributed by atoms with E-state index in [0.717, 1.165) is 5.56 Å². The summed E-state index contributed by atoms with van der Waals surface area (Å²) in [5.74, 6) is -0.886. The predicted octanol–water partition coefficient (Wildman–Crippen LogP) is 2.00. The molecule has 9 heteroatoms. The van der Waals surface area contributed by atoms with E-state index in [1.54, 1.807) is 45.0 Å². The number of ether oxygens (including phenoxy) is 2. The van der Waals surface area contributed by atoms with Crippen LogP contribution in [0.1, 0.15) is 33.3 Å². The number of hydrogen-bond donors (Lipinski definition) is 0. The van der Waals surface area contributed by atoms with E-state index in [2.05, 4.69) is 0 Å². The number of carbonyl (C=O) groups excluding carboxylic acids is 2. The zero-order valence-electron chi connectivity index (χ0n) is 14.5. The van der Waals surface area contributed by atoms with Gasteiger partial charge in [0.05, 0.1) is 0 Å². The number of rotatable bonds is 3. The highest BCUT2D eigenvalue weighted by Gasteiger charge is 2.53. The average Bonchev–Trinajstić information content (AvgIpc) is 2.73. The summed E-state index contributed by atoms with van der Waals surface area (Å²) in [6.45, 7) is 6.07. The van der Waals surface area contributed by atoms with Crippen molar-refractivity contribution in [2.75, 3.05) is 0 Å². The molecule has 2 rings (SSSR count). The third kappa shape index (κ3) is 4.70. The van der Waals surface area contributed by atoms with E-state index in [0.29, 0.717) is 4.31 Å². The molecule has 1 fully saturated rings. The first-order valence-corrected chi connectivity index (χ1v) is 9.04. The van der Waals surface area contributed by atoms with E-state index < -0.39 is 40.1 Å². The maximum absolute atomic E-state index is 12.4. The SMILES string of the molecule is C[C@H]1OS(=O)(=O)N(C(=O)OC(C)(C)C)[C@@H]1C(=O)OCc1ccccc1. The number of carbonyl (C=O) groups is 2. The quantitative estimate of drug-likeness (QED) is 0.749. The van der Waals surface area contributed by atoms with Crippen LogP contribution in [-0.2, 0) is 35.4 Å². The molecule has 0 bridgehead atoms. The molecule has 0 aliphatic carbocycles. The van der Waals surface area contributed by atoms with Gasteiger partial charge in [-0.1, -0.05) is 30.3 Å². The van der Waals surface area contributed by atoms with Gasteiger partial charge in [0, 0.05) is 0 Å². The normalized spacial score (nSPS) is 22.5. The third-order valence-electron chi connectivity index (χ3n) is 3.25. The Balaban J connectivity index is 2.17. The van der Waals surface area contributed by atoms with Gasteiger partial charge in [-0.15, -0.1) is 0 Å². The maximum Gasteiger partial charge on any atom is 0.426 e. The molecule has 1 heterocycles. The molecule has 8 nitrogen and oxygen atoms in total. The zero-order chi connectivity index (χ0) is 18.8. The zero-order valence-corrected chi connectivity index (χ0v) is 15.3. The Hall–Kier alpha value is -2.13. The molecule has 1 aliphatic heterocycles. The van der Waals surface area contributed by atoms with Gasteiger partial charge in [-0.3, -0.25) is 0 Å². The van der Waals surface area contributed by atoms with Gasteiger partial charge in [0.15, 0.2) is 6.04 Å². The second-order valence-corrected chi connectivity index (χ2v) is 8.01. The molecule has 1 amide bonds. The summed E-state index contributed by atoms with van der Waals surface area (Å²) in [7, 11) is -4.43. The Morgan fingerprint density at radius 3 is 2.36 bits per heavy atom. The van der Waals surface area contributed by atoms with Gasteiger partial charge in [-0.05, 0) is 33.3 Å². The number of nitrogens with zero attached hydrogens (tertiary/aromatic N) is 1. The molecule has 1 saturated heterocycles. The Labute approximate surface area is 146 Å². The highest BCUT2D eigenvalue weighted by Crippen LogP contribution is 2.28. The molecule has 0 spiro atoms. The number of amides is 1. The second-order valence-electron chi connectivity index (χ2n) is 6.57. The molecular formula is C16H21NO7S. The van der Waals surface area contributed by atoms with Crippen LogP contribution in [0.15, 0.2) is 30.3 Å². The molecule has 25 heavy (non-hydrogen) atoms. The van der Waals surface area contributed by atoms with Crippen molar-refractivity contribution >= 4 is 22.4 Å². The highest BCUT2D eigenvalue weighted by atomic mass is 32.2. The van der Waals surface area contributed by atoms with Gasteiger partial charge in [-0.2, -0.15) is 12.7 Å². The summed E-state index contributed by atoms with van der Waals surface area (Å²) in [5.41, 5.74) is -0.203.